The maximum Gasteiger partial charge on any atom is 0.330 e. The minimum absolute atomic E-state index is 0.0306. The molecule has 4 atom stereocenters. The average molecular weight is 866 g/mol. The van der Waals surface area contributed by atoms with E-state index < -0.39 is 43.8 Å². The molecule has 1 fully saturated rings. The molecular formula is C45H60N3O10PS. The number of hydrogen-bond acceptors (Lipinski definition) is 12. The number of nitrogens with zero attached hydrogens (tertiary/aromatic N) is 2. The molecule has 60 heavy (non-hydrogen) atoms. The Hall–Kier alpha value is -3.85. The van der Waals surface area contributed by atoms with Crippen molar-refractivity contribution in [3.8, 4) is 11.5 Å². The molecular weight excluding hydrogens is 806 g/mol. The van der Waals surface area contributed by atoms with E-state index >= 15 is 0 Å². The molecule has 1 N–H and O–H groups in total. The van der Waals surface area contributed by atoms with Crippen molar-refractivity contribution in [3.63, 3.8) is 0 Å². The fraction of sp³-hybridized carbons (Fsp3) is 0.489. The number of carbonyl (C=O) groups excluding carboxylic acids is 1. The number of rotatable bonds is 22. The molecule has 0 aliphatic carbocycles. The lowest BCUT2D eigenvalue weighted by molar-refractivity contribution is -0.113. The first-order valence-electron chi connectivity index (χ1n) is 20.4. The number of thioether (sulfide) groups is 1. The van der Waals surface area contributed by atoms with Crippen LogP contribution >= 0.6 is 20.3 Å². The van der Waals surface area contributed by atoms with E-state index in [4.69, 9.17) is 32.7 Å². The van der Waals surface area contributed by atoms with E-state index in [2.05, 4.69) is 37.3 Å². The minimum Gasteiger partial charge on any atom is -0.497 e. The Labute approximate surface area is 359 Å². The summed E-state index contributed by atoms with van der Waals surface area (Å²) in [6, 6.07) is 25.7. The molecule has 15 heteroatoms. The maximum absolute atomic E-state index is 13.3. The summed E-state index contributed by atoms with van der Waals surface area (Å²) < 4.78 is 48.1. The van der Waals surface area contributed by atoms with E-state index in [1.807, 2.05) is 92.7 Å². The molecule has 1 saturated heterocycles. The predicted molar refractivity (Wildman–Crippen MR) is 236 cm³/mol. The fourth-order valence-electron chi connectivity index (χ4n) is 7.10. The van der Waals surface area contributed by atoms with Gasteiger partial charge in [-0.1, -0.05) is 80.2 Å². The highest BCUT2D eigenvalue weighted by atomic mass is 32.2. The third kappa shape index (κ3) is 11.7. The monoisotopic (exact) mass is 865 g/mol. The molecule has 0 amide bonds. The zero-order chi connectivity index (χ0) is 43.4. The topological polar surface area (TPSA) is 140 Å². The van der Waals surface area contributed by atoms with Crippen LogP contribution in [0.15, 0.2) is 94.6 Å². The van der Waals surface area contributed by atoms with E-state index in [1.54, 1.807) is 21.1 Å². The minimum atomic E-state index is -1.69. The Balaban J connectivity index is 1.51. The van der Waals surface area contributed by atoms with Gasteiger partial charge >= 0.3 is 5.69 Å². The largest absolute Gasteiger partial charge is 0.497 e. The number of aromatic nitrogens is 2. The van der Waals surface area contributed by atoms with Gasteiger partial charge in [0, 0.05) is 41.9 Å². The number of carbonyl (C=O) groups is 1. The molecule has 2 heterocycles. The number of benzene rings is 3. The summed E-state index contributed by atoms with van der Waals surface area (Å²) in [7, 11) is 1.57. The predicted octanol–water partition coefficient (Wildman–Crippen LogP) is 7.84. The second-order valence-corrected chi connectivity index (χ2v) is 17.9. The lowest BCUT2D eigenvalue weighted by Gasteiger charge is -2.39. The summed E-state index contributed by atoms with van der Waals surface area (Å²) >= 11 is 1.27. The summed E-state index contributed by atoms with van der Waals surface area (Å²) in [5.41, 5.74) is 0.771. The highest BCUT2D eigenvalue weighted by molar-refractivity contribution is 8.13. The van der Waals surface area contributed by atoms with Gasteiger partial charge in [-0.15, -0.1) is 0 Å². The highest BCUT2D eigenvalue weighted by Gasteiger charge is 2.45. The van der Waals surface area contributed by atoms with Gasteiger partial charge in [0.25, 0.3) is 14.1 Å². The molecule has 0 saturated carbocycles. The number of aryl methyl sites for hydroxylation is 1. The summed E-state index contributed by atoms with van der Waals surface area (Å²) in [6.07, 6.45) is -0.299. The van der Waals surface area contributed by atoms with Crippen molar-refractivity contribution in [2.75, 3.05) is 46.4 Å². The Morgan fingerprint density at radius 2 is 1.45 bits per heavy atom. The van der Waals surface area contributed by atoms with Crippen molar-refractivity contribution in [2.24, 2.45) is 5.92 Å². The number of aromatic amines is 1. The molecule has 326 valence electrons. The average Bonchev–Trinajstić information content (AvgIpc) is 3.64. The lowest BCUT2D eigenvalue weighted by Crippen LogP contribution is -2.39. The van der Waals surface area contributed by atoms with Gasteiger partial charge in [0.2, 0.25) is 0 Å². The van der Waals surface area contributed by atoms with Gasteiger partial charge in [-0.05, 0) is 75.6 Å². The summed E-state index contributed by atoms with van der Waals surface area (Å²) in [5, 5.41) is 0.139. The van der Waals surface area contributed by atoms with Gasteiger partial charge in [0.1, 0.15) is 29.4 Å². The number of methoxy groups -OCH3 is 2. The van der Waals surface area contributed by atoms with Crippen molar-refractivity contribution in [1.29, 1.82) is 0 Å². The zero-order valence-electron chi connectivity index (χ0n) is 36.1. The van der Waals surface area contributed by atoms with Crippen molar-refractivity contribution in [2.45, 2.75) is 91.0 Å². The van der Waals surface area contributed by atoms with Crippen LogP contribution in [-0.2, 0) is 33.7 Å². The van der Waals surface area contributed by atoms with Crippen LogP contribution in [0.1, 0.15) is 76.4 Å². The first kappa shape index (κ1) is 47.2. The second kappa shape index (κ2) is 22.3. The number of hydrogen-bond donors (Lipinski definition) is 1. The third-order valence-corrected chi connectivity index (χ3v) is 13.4. The molecule has 1 aliphatic rings. The van der Waals surface area contributed by atoms with Crippen LogP contribution in [0.4, 0.5) is 0 Å². The van der Waals surface area contributed by atoms with Gasteiger partial charge in [-0.3, -0.25) is 19.1 Å². The highest BCUT2D eigenvalue weighted by Crippen LogP contribution is 2.50. The van der Waals surface area contributed by atoms with E-state index in [0.29, 0.717) is 36.0 Å². The Bertz CT molecular complexity index is 2010. The van der Waals surface area contributed by atoms with Crippen molar-refractivity contribution < 1.29 is 37.5 Å². The van der Waals surface area contributed by atoms with Crippen LogP contribution in [0.5, 0.6) is 11.5 Å². The molecule has 1 aliphatic heterocycles. The van der Waals surface area contributed by atoms with E-state index in [-0.39, 0.29) is 42.8 Å². The molecule has 1 aromatic heterocycles. The Morgan fingerprint density at radius 1 is 0.867 bits per heavy atom. The van der Waals surface area contributed by atoms with Crippen LogP contribution in [0.2, 0.25) is 0 Å². The van der Waals surface area contributed by atoms with Gasteiger partial charge in [-0.25, -0.2) is 9.46 Å². The lowest BCUT2D eigenvalue weighted by atomic mass is 9.80. The van der Waals surface area contributed by atoms with Crippen molar-refractivity contribution >= 4 is 25.4 Å². The first-order valence-corrected chi connectivity index (χ1v) is 22.5. The standard InChI is InChI=1S/C45H60N3O10PS/c1-30(2)43(50)60-26-25-54-23-24-56-59(48(31(3)4)32(5)6)58-39-27-41(47-28-33(7)42(49)46-44(47)51)57-40(39)29-55-45(34-13-11-10-12-14-34,35-15-19-37(52-8)20-16-35)36-17-21-38(53-9)22-18-36/h10-22,28,30-32,39-41H,23-27,29H2,1-9H3,(H,46,49,51)/t39-,40?,41?,59?/m1/s1. The van der Waals surface area contributed by atoms with Gasteiger partial charge in [0.15, 0.2) is 5.12 Å². The summed E-state index contributed by atoms with van der Waals surface area (Å²) in [4.78, 5) is 40.1. The van der Waals surface area contributed by atoms with E-state index in [1.165, 1.54) is 22.5 Å². The van der Waals surface area contributed by atoms with Gasteiger partial charge < -0.3 is 32.7 Å². The molecule has 13 nitrogen and oxygen atoms in total. The smallest absolute Gasteiger partial charge is 0.330 e. The molecule has 5 rings (SSSR count). The zero-order valence-corrected chi connectivity index (χ0v) is 37.8. The number of ether oxygens (including phenoxy) is 5. The summed E-state index contributed by atoms with van der Waals surface area (Å²) in [5.74, 6) is 1.94. The van der Waals surface area contributed by atoms with Crippen LogP contribution in [0.25, 0.3) is 0 Å². The molecule has 0 spiro atoms. The quantitative estimate of drug-likeness (QED) is 0.0468. The number of H-pyrrole nitrogens is 1. The van der Waals surface area contributed by atoms with Crippen LogP contribution < -0.4 is 20.7 Å². The molecule has 0 bridgehead atoms. The SMILES string of the molecule is COc1ccc(C(OCC2OC(n3cc(C)c(=O)[nH]c3=O)C[C@H]2OP(OCCOCCSC(=O)C(C)C)N(C(C)C)C(C)C)(c2ccccc2)c2ccc(OC)cc2)cc1. The van der Waals surface area contributed by atoms with Crippen molar-refractivity contribution in [1.82, 2.24) is 14.2 Å². The van der Waals surface area contributed by atoms with Crippen LogP contribution in [0.3, 0.4) is 0 Å². The molecule has 3 aromatic carbocycles. The van der Waals surface area contributed by atoms with E-state index in [0.717, 1.165) is 16.7 Å². The normalized spacial score (nSPS) is 17.5. The Morgan fingerprint density at radius 3 is 2.00 bits per heavy atom. The van der Waals surface area contributed by atoms with Gasteiger partial charge in [-0.2, -0.15) is 0 Å². The Kier molecular flexibility index (Phi) is 17.5. The number of nitrogens with one attached hydrogen (secondary N) is 1. The summed E-state index contributed by atoms with van der Waals surface area (Å²) in [6.45, 7) is 14.8. The fourth-order valence-corrected chi connectivity index (χ4v) is 9.58. The van der Waals surface area contributed by atoms with Crippen molar-refractivity contribution in [3.05, 3.63) is 128 Å². The van der Waals surface area contributed by atoms with E-state index in [9.17, 15) is 14.4 Å². The maximum atomic E-state index is 13.3. The molecule has 0 radical (unpaired) electrons. The second-order valence-electron chi connectivity index (χ2n) is 15.4. The molecule has 3 unspecified atom stereocenters. The van der Waals surface area contributed by atoms with Gasteiger partial charge in [0.05, 0.1) is 46.8 Å². The van der Waals surface area contributed by atoms with Crippen LogP contribution in [-0.4, -0.2) is 90.0 Å². The third-order valence-electron chi connectivity index (χ3n) is 10.1. The van der Waals surface area contributed by atoms with Crippen LogP contribution in [0, 0.1) is 12.8 Å². The first-order chi connectivity index (χ1) is 28.8. The molecule has 4 aromatic rings.